The van der Waals surface area contributed by atoms with Crippen molar-refractivity contribution in [2.75, 3.05) is 28.0 Å². The Morgan fingerprint density at radius 3 is 2.49 bits per heavy atom. The van der Waals surface area contributed by atoms with Gasteiger partial charge in [-0.05, 0) is 51.7 Å². The third-order valence-corrected chi connectivity index (χ3v) is 9.11. The van der Waals surface area contributed by atoms with E-state index in [1.807, 2.05) is 24.3 Å². The number of nitrogens with zero attached hydrogens (tertiary/aromatic N) is 4. The summed E-state index contributed by atoms with van der Waals surface area (Å²) in [5.74, 6) is 0.657. The topological polar surface area (TPSA) is 117 Å². The van der Waals surface area contributed by atoms with Gasteiger partial charge in [-0.15, -0.1) is 11.3 Å². The number of thiazole rings is 1. The van der Waals surface area contributed by atoms with Crippen molar-refractivity contribution >= 4 is 43.9 Å². The summed E-state index contributed by atoms with van der Waals surface area (Å²) in [6, 6.07) is 7.50. The highest BCUT2D eigenvalue weighted by Gasteiger charge is 2.37. The number of hydrogen-bond acceptors (Lipinski definition) is 8. The lowest BCUT2D eigenvalue weighted by atomic mass is 9.89. The molecule has 11 heteroatoms. The number of sulfonamides is 1. The predicted octanol–water partition coefficient (Wildman–Crippen LogP) is 4.02. The maximum atomic E-state index is 13.1. The fourth-order valence-electron chi connectivity index (χ4n) is 3.91. The Bertz CT molecular complexity index is 1330. The zero-order valence-electron chi connectivity index (χ0n) is 19.7. The van der Waals surface area contributed by atoms with Gasteiger partial charge in [0.1, 0.15) is 5.82 Å². The van der Waals surface area contributed by atoms with Crippen molar-refractivity contribution in [2.24, 2.45) is 0 Å². The van der Waals surface area contributed by atoms with Crippen LogP contribution < -0.4 is 14.9 Å². The standard InChI is InChI=1S/C24H28N6O3S2/c1-24(2,20-15-34-23(28-20)29-35(32,33)18-9-10-18)22(31)26-17-7-5-16(6-8-17)19-13-25-14-21(27-19)30-11-3-4-12-30/h5-8,13-15,18H,3-4,9-12H2,1-2H3,(H,26,31)(H,28,29). The molecule has 3 heterocycles. The summed E-state index contributed by atoms with van der Waals surface area (Å²) in [6.07, 6.45) is 7.25. The summed E-state index contributed by atoms with van der Waals surface area (Å²) >= 11 is 1.18. The van der Waals surface area contributed by atoms with Crippen LogP contribution in [-0.2, 0) is 20.2 Å². The molecule has 9 nitrogen and oxygen atoms in total. The maximum Gasteiger partial charge on any atom is 0.237 e. The zero-order chi connectivity index (χ0) is 24.6. The molecule has 0 spiro atoms. The third kappa shape index (κ3) is 5.15. The van der Waals surface area contributed by atoms with Crippen molar-refractivity contribution in [1.29, 1.82) is 0 Å². The molecule has 0 unspecified atom stereocenters. The van der Waals surface area contributed by atoms with Crippen LogP contribution in [0.1, 0.15) is 45.2 Å². The molecular formula is C24H28N6O3S2. The Morgan fingerprint density at radius 1 is 1.09 bits per heavy atom. The molecule has 0 bridgehead atoms. The van der Waals surface area contributed by atoms with Crippen LogP contribution in [-0.4, -0.2) is 47.6 Å². The number of hydrogen-bond donors (Lipinski definition) is 2. The smallest absolute Gasteiger partial charge is 0.237 e. The average Bonchev–Trinajstić information content (AvgIpc) is 3.37. The van der Waals surface area contributed by atoms with Crippen LogP contribution in [0.4, 0.5) is 16.6 Å². The molecule has 0 atom stereocenters. The molecule has 35 heavy (non-hydrogen) atoms. The van der Waals surface area contributed by atoms with E-state index in [2.05, 4.69) is 24.9 Å². The lowest BCUT2D eigenvalue weighted by Gasteiger charge is -2.21. The van der Waals surface area contributed by atoms with Crippen molar-refractivity contribution in [2.45, 2.75) is 50.2 Å². The second-order valence-electron chi connectivity index (χ2n) is 9.50. The van der Waals surface area contributed by atoms with E-state index in [0.717, 1.165) is 30.2 Å². The van der Waals surface area contributed by atoms with Crippen LogP contribution in [0.2, 0.25) is 0 Å². The SMILES string of the molecule is CC(C)(C(=O)Nc1ccc(-c2cncc(N3CCCC3)n2)cc1)c1csc(NS(=O)(=O)C2CC2)n1. The molecule has 5 rings (SSSR count). The van der Waals surface area contributed by atoms with Gasteiger partial charge in [-0.25, -0.2) is 18.4 Å². The van der Waals surface area contributed by atoms with E-state index in [1.54, 1.807) is 31.6 Å². The number of nitrogens with one attached hydrogen (secondary N) is 2. The van der Waals surface area contributed by atoms with E-state index >= 15 is 0 Å². The number of carbonyl (C=O) groups is 1. The van der Waals surface area contributed by atoms with E-state index in [0.29, 0.717) is 24.2 Å². The maximum absolute atomic E-state index is 13.1. The van der Waals surface area contributed by atoms with Gasteiger partial charge in [-0.2, -0.15) is 0 Å². The molecule has 1 saturated carbocycles. The average molecular weight is 513 g/mol. The second-order valence-corrected chi connectivity index (χ2v) is 12.3. The van der Waals surface area contributed by atoms with Crippen LogP contribution >= 0.6 is 11.3 Å². The molecule has 2 N–H and O–H groups in total. The van der Waals surface area contributed by atoms with Gasteiger partial charge in [0.25, 0.3) is 0 Å². The van der Waals surface area contributed by atoms with Gasteiger partial charge in [0.05, 0.1) is 34.4 Å². The second kappa shape index (κ2) is 9.19. The summed E-state index contributed by atoms with van der Waals surface area (Å²) in [4.78, 5) is 28.8. The summed E-state index contributed by atoms with van der Waals surface area (Å²) in [5.41, 5.74) is 1.92. The molecule has 1 aromatic carbocycles. The molecule has 2 aliphatic rings. The minimum Gasteiger partial charge on any atom is -0.355 e. The summed E-state index contributed by atoms with van der Waals surface area (Å²) in [6.45, 7) is 5.55. The van der Waals surface area contributed by atoms with Crippen LogP contribution in [0.15, 0.2) is 42.0 Å². The van der Waals surface area contributed by atoms with Crippen LogP contribution in [0.25, 0.3) is 11.3 Å². The first-order valence-corrected chi connectivity index (χ1v) is 14.1. The number of rotatable bonds is 8. The molecule has 1 amide bonds. The van der Waals surface area contributed by atoms with Crippen molar-refractivity contribution in [3.8, 4) is 11.3 Å². The van der Waals surface area contributed by atoms with Gasteiger partial charge >= 0.3 is 0 Å². The first kappa shape index (κ1) is 23.7. The Balaban J connectivity index is 1.25. The molecule has 1 saturated heterocycles. The van der Waals surface area contributed by atoms with E-state index in [-0.39, 0.29) is 16.3 Å². The number of amides is 1. The fraction of sp³-hybridized carbons (Fsp3) is 0.417. The Labute approximate surface area is 209 Å². The highest BCUT2D eigenvalue weighted by Crippen LogP contribution is 2.33. The number of anilines is 3. The molecule has 2 aromatic heterocycles. The zero-order valence-corrected chi connectivity index (χ0v) is 21.3. The van der Waals surface area contributed by atoms with Gasteiger partial charge in [-0.3, -0.25) is 14.5 Å². The Kier molecular flexibility index (Phi) is 6.22. The van der Waals surface area contributed by atoms with Gasteiger partial charge in [-0.1, -0.05) is 12.1 Å². The molecule has 184 valence electrons. The fourth-order valence-corrected chi connectivity index (χ4v) is 6.39. The van der Waals surface area contributed by atoms with Crippen molar-refractivity contribution in [3.63, 3.8) is 0 Å². The van der Waals surface area contributed by atoms with Crippen LogP contribution in [0.5, 0.6) is 0 Å². The van der Waals surface area contributed by atoms with E-state index in [1.165, 1.54) is 24.2 Å². The predicted molar refractivity (Wildman–Crippen MR) is 138 cm³/mol. The third-order valence-electron chi connectivity index (χ3n) is 6.40. The van der Waals surface area contributed by atoms with Gasteiger partial charge in [0.2, 0.25) is 15.9 Å². The first-order valence-electron chi connectivity index (χ1n) is 11.7. The van der Waals surface area contributed by atoms with E-state index < -0.39 is 15.4 Å². The molecule has 3 aromatic rings. The normalized spacial score (nSPS) is 16.3. The van der Waals surface area contributed by atoms with Gasteiger partial charge < -0.3 is 10.2 Å². The minimum atomic E-state index is -3.39. The monoisotopic (exact) mass is 512 g/mol. The number of carbonyl (C=O) groups excluding carboxylic acids is 1. The molecule has 1 aliphatic heterocycles. The highest BCUT2D eigenvalue weighted by atomic mass is 32.2. The van der Waals surface area contributed by atoms with Crippen LogP contribution in [0, 0.1) is 0 Å². The summed E-state index contributed by atoms with van der Waals surface area (Å²) in [5, 5.41) is 4.62. The molecule has 1 aliphatic carbocycles. The van der Waals surface area contributed by atoms with Crippen molar-refractivity contribution in [3.05, 3.63) is 47.7 Å². The molecule has 0 radical (unpaired) electrons. The van der Waals surface area contributed by atoms with E-state index in [9.17, 15) is 13.2 Å². The van der Waals surface area contributed by atoms with Crippen LogP contribution in [0.3, 0.4) is 0 Å². The number of aromatic nitrogens is 3. The molecular weight excluding hydrogens is 484 g/mol. The lowest BCUT2D eigenvalue weighted by molar-refractivity contribution is -0.120. The highest BCUT2D eigenvalue weighted by molar-refractivity contribution is 7.93. The quantitative estimate of drug-likeness (QED) is 0.468. The molecule has 2 fully saturated rings. The van der Waals surface area contributed by atoms with Crippen molar-refractivity contribution in [1.82, 2.24) is 15.0 Å². The van der Waals surface area contributed by atoms with Gasteiger partial charge in [0, 0.05) is 29.7 Å². The largest absolute Gasteiger partial charge is 0.355 e. The minimum absolute atomic E-state index is 0.233. The summed E-state index contributed by atoms with van der Waals surface area (Å²) in [7, 11) is -3.39. The summed E-state index contributed by atoms with van der Waals surface area (Å²) < 4.78 is 26.9. The lowest BCUT2D eigenvalue weighted by Crippen LogP contribution is -2.35. The Hall–Kier alpha value is -3.05. The van der Waals surface area contributed by atoms with E-state index in [4.69, 9.17) is 4.98 Å². The Morgan fingerprint density at radius 2 is 1.80 bits per heavy atom. The number of benzene rings is 1. The first-order chi connectivity index (χ1) is 16.7. The van der Waals surface area contributed by atoms with Gasteiger partial charge in [0.15, 0.2) is 5.13 Å². The van der Waals surface area contributed by atoms with Crippen molar-refractivity contribution < 1.29 is 13.2 Å².